The molecule has 13 nitrogen and oxygen atoms in total. The summed E-state index contributed by atoms with van der Waals surface area (Å²) >= 11 is 0. The van der Waals surface area contributed by atoms with Gasteiger partial charge >= 0.3 is 29.8 Å². The number of hydrogen-bond donors (Lipinski definition) is 1. The summed E-state index contributed by atoms with van der Waals surface area (Å²) in [6.45, 7) is 3.98. The molecule has 1 aliphatic heterocycles. The standard InChI is InChI=1S/C28H30O13/c1-15(29)35-14-23-24(37-16(2)30)25(38-17(3)31)26(39-18(4)32)28(41-23)40-22-11-10-20(12-21(22)33)27(34)36-13-19-8-6-5-7-9-19/h5-12,23-26,28,33H,13-14H2,1-4H3/t23-,24+,25+,26-,28-/m0/s1. The van der Waals surface area contributed by atoms with Crippen LogP contribution in [-0.4, -0.2) is 72.3 Å². The van der Waals surface area contributed by atoms with E-state index < -0.39 is 72.9 Å². The monoisotopic (exact) mass is 574 g/mol. The number of carbonyl (C=O) groups excluding carboxylic acids is 5. The maximum Gasteiger partial charge on any atom is 0.338 e. The van der Waals surface area contributed by atoms with E-state index >= 15 is 0 Å². The first-order valence-electron chi connectivity index (χ1n) is 12.5. The minimum Gasteiger partial charge on any atom is -0.504 e. The molecular weight excluding hydrogens is 544 g/mol. The zero-order valence-electron chi connectivity index (χ0n) is 22.8. The van der Waals surface area contributed by atoms with Gasteiger partial charge in [0.25, 0.3) is 0 Å². The first-order chi connectivity index (χ1) is 19.4. The molecule has 1 N–H and O–H groups in total. The number of aromatic hydroxyl groups is 1. The number of benzene rings is 2. The summed E-state index contributed by atoms with van der Waals surface area (Å²) in [7, 11) is 0. The largest absolute Gasteiger partial charge is 0.504 e. The third kappa shape index (κ3) is 8.93. The maximum absolute atomic E-state index is 12.5. The molecule has 1 saturated heterocycles. The van der Waals surface area contributed by atoms with Crippen LogP contribution in [0.15, 0.2) is 48.5 Å². The zero-order chi connectivity index (χ0) is 30.1. The molecule has 0 amide bonds. The first-order valence-corrected chi connectivity index (χ1v) is 12.5. The molecule has 5 atom stereocenters. The predicted molar refractivity (Wildman–Crippen MR) is 136 cm³/mol. The summed E-state index contributed by atoms with van der Waals surface area (Å²) < 4.78 is 37.9. The van der Waals surface area contributed by atoms with Gasteiger partial charge in [0.2, 0.25) is 12.4 Å². The lowest BCUT2D eigenvalue weighted by molar-refractivity contribution is -0.288. The molecule has 2 aromatic carbocycles. The number of ether oxygens (including phenoxy) is 7. The second kappa shape index (κ2) is 14.1. The van der Waals surface area contributed by atoms with Gasteiger partial charge in [-0.1, -0.05) is 30.3 Å². The van der Waals surface area contributed by atoms with Crippen LogP contribution in [0.4, 0.5) is 0 Å². The van der Waals surface area contributed by atoms with Crippen molar-refractivity contribution in [2.75, 3.05) is 6.61 Å². The molecule has 0 aliphatic carbocycles. The summed E-state index contributed by atoms with van der Waals surface area (Å²) in [5.74, 6) is -4.48. The zero-order valence-corrected chi connectivity index (χ0v) is 22.8. The Labute approximate surface area is 235 Å². The SMILES string of the molecule is CC(=O)OC[C@@H]1O[C@H](Oc2ccc(C(=O)OCc3ccccc3)cc2O)[C@@H](OC(C)=O)[C@H](OC(C)=O)[C@@H]1OC(C)=O. The van der Waals surface area contributed by atoms with Crippen LogP contribution in [0.2, 0.25) is 0 Å². The van der Waals surface area contributed by atoms with Gasteiger partial charge in [-0.25, -0.2) is 4.79 Å². The summed E-state index contributed by atoms with van der Waals surface area (Å²) in [5, 5.41) is 10.6. The van der Waals surface area contributed by atoms with E-state index in [1.165, 1.54) is 12.1 Å². The quantitative estimate of drug-likeness (QED) is 0.324. The van der Waals surface area contributed by atoms with Crippen molar-refractivity contribution in [3.05, 3.63) is 59.7 Å². The number of phenols is 1. The van der Waals surface area contributed by atoms with Crippen molar-refractivity contribution in [1.29, 1.82) is 0 Å². The van der Waals surface area contributed by atoms with Crippen molar-refractivity contribution >= 4 is 29.8 Å². The topological polar surface area (TPSA) is 170 Å². The van der Waals surface area contributed by atoms with Crippen LogP contribution in [0.3, 0.4) is 0 Å². The summed E-state index contributed by atoms with van der Waals surface area (Å²) in [4.78, 5) is 59.7. The second-order valence-corrected chi connectivity index (χ2v) is 8.93. The molecule has 0 saturated carbocycles. The molecule has 2 aromatic rings. The minimum atomic E-state index is -1.56. The van der Waals surface area contributed by atoms with Gasteiger partial charge < -0.3 is 38.3 Å². The Bertz CT molecular complexity index is 1260. The number of hydrogen-bond acceptors (Lipinski definition) is 13. The molecule has 220 valence electrons. The van der Waals surface area contributed by atoms with E-state index in [9.17, 15) is 29.1 Å². The van der Waals surface area contributed by atoms with Gasteiger partial charge in [-0.3, -0.25) is 19.2 Å². The van der Waals surface area contributed by atoms with Gasteiger partial charge in [0.05, 0.1) is 5.56 Å². The van der Waals surface area contributed by atoms with Gasteiger partial charge in [0.15, 0.2) is 23.7 Å². The number of carbonyl (C=O) groups is 5. The van der Waals surface area contributed by atoms with E-state index in [1.54, 1.807) is 24.3 Å². The van der Waals surface area contributed by atoms with Crippen LogP contribution in [-0.2, 0) is 54.2 Å². The Balaban J connectivity index is 1.87. The Morgan fingerprint density at radius 1 is 0.756 bits per heavy atom. The fraction of sp³-hybridized carbons (Fsp3) is 0.393. The average molecular weight is 575 g/mol. The van der Waals surface area contributed by atoms with E-state index in [1.807, 2.05) is 6.07 Å². The minimum absolute atomic E-state index is 0.0173. The molecule has 3 rings (SSSR count). The third-order valence-electron chi connectivity index (χ3n) is 5.60. The Hall–Kier alpha value is -4.65. The van der Waals surface area contributed by atoms with Gasteiger partial charge in [-0.15, -0.1) is 0 Å². The van der Waals surface area contributed by atoms with Crippen LogP contribution in [0.25, 0.3) is 0 Å². The molecule has 1 aliphatic rings. The summed E-state index contributed by atoms with van der Waals surface area (Å²) in [6.07, 6.45) is -7.11. The van der Waals surface area contributed by atoms with Crippen molar-refractivity contribution in [3.63, 3.8) is 0 Å². The first kappa shape index (κ1) is 30.9. The van der Waals surface area contributed by atoms with Crippen molar-refractivity contribution in [3.8, 4) is 11.5 Å². The molecule has 41 heavy (non-hydrogen) atoms. The van der Waals surface area contributed by atoms with Crippen molar-refractivity contribution in [1.82, 2.24) is 0 Å². The van der Waals surface area contributed by atoms with Crippen LogP contribution < -0.4 is 4.74 Å². The van der Waals surface area contributed by atoms with Crippen molar-refractivity contribution in [2.24, 2.45) is 0 Å². The second-order valence-electron chi connectivity index (χ2n) is 8.93. The van der Waals surface area contributed by atoms with Gasteiger partial charge in [-0.05, 0) is 23.8 Å². The fourth-order valence-electron chi connectivity index (χ4n) is 3.96. The van der Waals surface area contributed by atoms with Crippen LogP contribution in [0.1, 0.15) is 43.6 Å². The number of phenolic OH excluding ortho intramolecular Hbond substituents is 1. The third-order valence-corrected chi connectivity index (χ3v) is 5.60. The Morgan fingerprint density at radius 3 is 1.95 bits per heavy atom. The van der Waals surface area contributed by atoms with E-state index in [4.69, 9.17) is 33.2 Å². The summed E-state index contributed by atoms with van der Waals surface area (Å²) in [6, 6.07) is 12.7. The highest BCUT2D eigenvalue weighted by Crippen LogP contribution is 2.34. The normalized spacial score (nSPS) is 21.6. The molecule has 13 heteroatoms. The Morgan fingerprint density at radius 2 is 1.37 bits per heavy atom. The van der Waals surface area contributed by atoms with E-state index in [0.29, 0.717) is 0 Å². The average Bonchev–Trinajstić information content (AvgIpc) is 2.90. The van der Waals surface area contributed by atoms with Gasteiger partial charge in [0, 0.05) is 27.7 Å². The molecular formula is C28H30O13. The van der Waals surface area contributed by atoms with Gasteiger partial charge in [0.1, 0.15) is 19.3 Å². The lowest BCUT2D eigenvalue weighted by atomic mass is 9.98. The molecule has 1 heterocycles. The molecule has 0 aromatic heterocycles. The molecule has 1 fully saturated rings. The molecule has 0 radical (unpaired) electrons. The molecule has 0 unspecified atom stereocenters. The molecule has 0 bridgehead atoms. The number of esters is 5. The lowest BCUT2D eigenvalue weighted by Gasteiger charge is -2.43. The highest BCUT2D eigenvalue weighted by Gasteiger charge is 2.53. The number of rotatable bonds is 10. The van der Waals surface area contributed by atoms with E-state index in [-0.39, 0.29) is 17.9 Å². The maximum atomic E-state index is 12.5. The molecule has 0 spiro atoms. The smallest absolute Gasteiger partial charge is 0.338 e. The van der Waals surface area contributed by atoms with Crippen molar-refractivity contribution in [2.45, 2.75) is 65.0 Å². The van der Waals surface area contributed by atoms with Crippen LogP contribution >= 0.6 is 0 Å². The van der Waals surface area contributed by atoms with E-state index in [0.717, 1.165) is 39.3 Å². The fourth-order valence-corrected chi connectivity index (χ4v) is 3.96. The predicted octanol–water partition coefficient (Wildman–Crippen LogP) is 2.21. The highest BCUT2D eigenvalue weighted by molar-refractivity contribution is 5.90. The Kier molecular flexibility index (Phi) is 10.6. The summed E-state index contributed by atoms with van der Waals surface area (Å²) in [5.41, 5.74) is 0.793. The van der Waals surface area contributed by atoms with Crippen LogP contribution in [0, 0.1) is 0 Å². The van der Waals surface area contributed by atoms with Gasteiger partial charge in [-0.2, -0.15) is 0 Å². The van der Waals surface area contributed by atoms with E-state index in [2.05, 4.69) is 0 Å². The lowest BCUT2D eigenvalue weighted by Crippen LogP contribution is -2.63. The highest BCUT2D eigenvalue weighted by atomic mass is 16.7. The van der Waals surface area contributed by atoms with Crippen LogP contribution in [0.5, 0.6) is 11.5 Å². The van der Waals surface area contributed by atoms with Crippen molar-refractivity contribution < 1.29 is 62.2 Å².